The first-order chi connectivity index (χ1) is 13.2. The first-order valence-corrected chi connectivity index (χ1v) is 10.6. The topological polar surface area (TPSA) is 52.0 Å². The number of benzene rings is 1. The lowest BCUT2D eigenvalue weighted by Gasteiger charge is -2.21. The molecule has 146 valence electrons. The maximum absolute atomic E-state index is 12.4. The Labute approximate surface area is 169 Å². The predicted molar refractivity (Wildman–Crippen MR) is 108 cm³/mol. The van der Waals surface area contributed by atoms with Crippen LogP contribution in [0.2, 0.25) is 5.02 Å². The summed E-state index contributed by atoms with van der Waals surface area (Å²) in [6, 6.07) is 11.4. The summed E-state index contributed by atoms with van der Waals surface area (Å²) in [6.07, 6.45) is 2.47. The third-order valence-electron chi connectivity index (χ3n) is 4.46. The van der Waals surface area contributed by atoms with Crippen LogP contribution in [-0.2, 0) is 16.1 Å². The third kappa shape index (κ3) is 7.14. The largest absolute Gasteiger partial charge is 0.492 e. The third-order valence-corrected chi connectivity index (χ3v) is 5.59. The van der Waals surface area contributed by atoms with Crippen molar-refractivity contribution in [1.29, 1.82) is 0 Å². The van der Waals surface area contributed by atoms with Crippen LogP contribution < -0.4 is 15.0 Å². The van der Waals surface area contributed by atoms with Crippen molar-refractivity contribution in [2.75, 3.05) is 32.8 Å². The molecule has 0 aliphatic carbocycles. The van der Waals surface area contributed by atoms with Gasteiger partial charge in [-0.2, -0.15) is 0 Å². The van der Waals surface area contributed by atoms with Gasteiger partial charge in [0.1, 0.15) is 31.5 Å². The summed E-state index contributed by atoms with van der Waals surface area (Å²) in [6.45, 7) is 3.91. The van der Waals surface area contributed by atoms with E-state index >= 15 is 0 Å². The van der Waals surface area contributed by atoms with E-state index in [1.54, 1.807) is 23.5 Å². The maximum Gasteiger partial charge on any atom is 0.275 e. The highest BCUT2D eigenvalue weighted by molar-refractivity contribution is 7.09. The molecular formula is C20H26ClN2O3S+. The molecule has 2 atom stereocenters. The van der Waals surface area contributed by atoms with Gasteiger partial charge in [0.25, 0.3) is 5.91 Å². The van der Waals surface area contributed by atoms with Crippen LogP contribution in [0.4, 0.5) is 0 Å². The molecular weight excluding hydrogens is 384 g/mol. The van der Waals surface area contributed by atoms with Crippen molar-refractivity contribution in [1.82, 2.24) is 5.32 Å². The molecule has 0 radical (unpaired) electrons. The molecule has 2 aromatic rings. The smallest absolute Gasteiger partial charge is 0.275 e. The molecule has 1 aromatic carbocycles. The number of thiophene rings is 1. The number of quaternary nitrogens is 1. The van der Waals surface area contributed by atoms with Crippen molar-refractivity contribution in [3.05, 3.63) is 51.7 Å². The molecule has 27 heavy (non-hydrogen) atoms. The van der Waals surface area contributed by atoms with E-state index in [9.17, 15) is 4.79 Å². The van der Waals surface area contributed by atoms with E-state index in [2.05, 4.69) is 22.8 Å². The lowest BCUT2D eigenvalue weighted by atomic mass is 10.2. The minimum absolute atomic E-state index is 0.0410. The Morgan fingerprint density at radius 1 is 1.33 bits per heavy atom. The fourth-order valence-corrected chi connectivity index (χ4v) is 4.08. The van der Waals surface area contributed by atoms with Gasteiger partial charge in [-0.15, -0.1) is 11.3 Å². The summed E-state index contributed by atoms with van der Waals surface area (Å²) in [5, 5.41) is 5.70. The van der Waals surface area contributed by atoms with Gasteiger partial charge in [0.05, 0.1) is 11.4 Å². The second-order valence-corrected chi connectivity index (χ2v) is 8.14. The Morgan fingerprint density at radius 2 is 2.19 bits per heavy atom. The molecule has 1 fully saturated rings. The molecule has 2 heterocycles. The number of carbonyl (C=O) groups excluding carboxylic acids is 1. The first kappa shape index (κ1) is 20.1. The number of ether oxygens (including phenoxy) is 2. The predicted octanol–water partition coefficient (Wildman–Crippen LogP) is 2.16. The minimum atomic E-state index is 0.0410. The lowest BCUT2D eigenvalue weighted by Crippen LogP contribution is -3.13. The number of hydrogen-bond acceptors (Lipinski definition) is 4. The molecule has 1 amide bonds. The van der Waals surface area contributed by atoms with Crippen LogP contribution in [-0.4, -0.2) is 44.9 Å². The Hall–Kier alpha value is -1.60. The molecule has 1 aliphatic heterocycles. The minimum Gasteiger partial charge on any atom is -0.492 e. The van der Waals surface area contributed by atoms with E-state index in [1.807, 2.05) is 12.1 Å². The summed E-state index contributed by atoms with van der Waals surface area (Å²) in [5.41, 5.74) is 0. The van der Waals surface area contributed by atoms with Gasteiger partial charge in [-0.25, -0.2) is 0 Å². The van der Waals surface area contributed by atoms with E-state index in [0.29, 0.717) is 24.7 Å². The monoisotopic (exact) mass is 409 g/mol. The Kier molecular flexibility index (Phi) is 7.95. The van der Waals surface area contributed by atoms with Crippen LogP contribution in [0.1, 0.15) is 17.7 Å². The van der Waals surface area contributed by atoms with E-state index in [0.717, 1.165) is 38.3 Å². The lowest BCUT2D eigenvalue weighted by molar-refractivity contribution is -0.908. The molecule has 0 spiro atoms. The van der Waals surface area contributed by atoms with Crippen LogP contribution in [0.3, 0.4) is 0 Å². The summed E-state index contributed by atoms with van der Waals surface area (Å²) in [4.78, 5) is 14.9. The van der Waals surface area contributed by atoms with Crippen molar-refractivity contribution in [2.24, 2.45) is 0 Å². The van der Waals surface area contributed by atoms with E-state index in [4.69, 9.17) is 21.1 Å². The highest BCUT2D eigenvalue weighted by Crippen LogP contribution is 2.15. The van der Waals surface area contributed by atoms with Gasteiger partial charge in [-0.3, -0.25) is 4.79 Å². The molecule has 7 heteroatoms. The normalized spacial score (nSPS) is 17.6. The van der Waals surface area contributed by atoms with Crippen LogP contribution in [0.5, 0.6) is 5.75 Å². The number of rotatable bonds is 10. The summed E-state index contributed by atoms with van der Waals surface area (Å²) >= 11 is 7.58. The first-order valence-electron chi connectivity index (χ1n) is 9.31. The number of hydrogen-bond donors (Lipinski definition) is 2. The van der Waals surface area contributed by atoms with Crippen molar-refractivity contribution in [2.45, 2.75) is 25.5 Å². The van der Waals surface area contributed by atoms with Crippen molar-refractivity contribution >= 4 is 28.8 Å². The summed E-state index contributed by atoms with van der Waals surface area (Å²) in [7, 11) is 0. The van der Waals surface area contributed by atoms with Crippen molar-refractivity contribution < 1.29 is 19.2 Å². The van der Waals surface area contributed by atoms with E-state index in [1.165, 1.54) is 9.78 Å². The van der Waals surface area contributed by atoms with E-state index in [-0.39, 0.29) is 12.0 Å². The number of carbonyl (C=O) groups is 1. The van der Waals surface area contributed by atoms with Crippen molar-refractivity contribution in [3.63, 3.8) is 0 Å². The number of halogens is 1. The van der Waals surface area contributed by atoms with Crippen LogP contribution in [0.25, 0.3) is 0 Å². The zero-order valence-corrected chi connectivity index (χ0v) is 16.9. The number of amides is 1. The van der Waals surface area contributed by atoms with E-state index < -0.39 is 0 Å². The fraction of sp³-hybridized carbons (Fsp3) is 0.450. The SMILES string of the molecule is O=C(C[NH+](Cc1cccs1)C[C@@H]1CCCO1)NCCOc1ccc(Cl)cc1. The molecule has 3 rings (SSSR count). The standard InChI is InChI=1S/C20H25ClN2O3S/c21-16-5-7-17(8-6-16)26-11-9-22-20(24)15-23(13-18-3-1-10-25-18)14-19-4-2-12-27-19/h2,4-8,12,18H,1,3,9-11,13-15H2,(H,22,24)/p+1/t18-/m0/s1. The van der Waals surface area contributed by atoms with Gasteiger partial charge in [0.15, 0.2) is 6.54 Å². The molecule has 2 N–H and O–H groups in total. The Morgan fingerprint density at radius 3 is 2.89 bits per heavy atom. The summed E-state index contributed by atoms with van der Waals surface area (Å²) < 4.78 is 11.4. The molecule has 1 aliphatic rings. The van der Waals surface area contributed by atoms with Gasteiger partial charge in [0, 0.05) is 11.6 Å². The quantitative estimate of drug-likeness (QED) is 0.591. The van der Waals surface area contributed by atoms with Crippen molar-refractivity contribution in [3.8, 4) is 5.75 Å². The van der Waals surface area contributed by atoms with Gasteiger partial charge >= 0.3 is 0 Å². The average Bonchev–Trinajstić information content (AvgIpc) is 3.34. The second-order valence-electron chi connectivity index (χ2n) is 6.67. The van der Waals surface area contributed by atoms with Crippen LogP contribution >= 0.6 is 22.9 Å². The average molecular weight is 410 g/mol. The molecule has 0 saturated carbocycles. The maximum atomic E-state index is 12.4. The molecule has 1 aromatic heterocycles. The zero-order chi connectivity index (χ0) is 18.9. The Bertz CT molecular complexity index is 688. The highest BCUT2D eigenvalue weighted by atomic mass is 35.5. The van der Waals surface area contributed by atoms with Gasteiger partial charge < -0.3 is 19.7 Å². The number of nitrogens with one attached hydrogen (secondary N) is 2. The Balaban J connectivity index is 1.41. The zero-order valence-electron chi connectivity index (χ0n) is 15.3. The summed E-state index contributed by atoms with van der Waals surface area (Å²) in [5.74, 6) is 0.788. The van der Waals surface area contributed by atoms with Crippen LogP contribution in [0.15, 0.2) is 41.8 Å². The molecule has 1 unspecified atom stereocenters. The van der Waals surface area contributed by atoms with Gasteiger partial charge in [-0.1, -0.05) is 17.7 Å². The van der Waals surface area contributed by atoms with Gasteiger partial charge in [-0.05, 0) is 48.6 Å². The molecule has 0 bridgehead atoms. The van der Waals surface area contributed by atoms with Gasteiger partial charge in [0.2, 0.25) is 0 Å². The highest BCUT2D eigenvalue weighted by Gasteiger charge is 2.24. The fourth-order valence-electron chi connectivity index (χ4n) is 3.17. The van der Waals surface area contributed by atoms with Crippen LogP contribution in [0, 0.1) is 0 Å². The molecule has 1 saturated heterocycles. The molecule has 5 nitrogen and oxygen atoms in total. The second kappa shape index (κ2) is 10.7.